The van der Waals surface area contributed by atoms with Crippen LogP contribution in [0.1, 0.15) is 29.8 Å². The molecule has 1 amide bonds. The van der Waals surface area contributed by atoms with Crippen molar-refractivity contribution < 1.29 is 4.79 Å². The Labute approximate surface area is 82.9 Å². The molecule has 13 heavy (non-hydrogen) atoms. The van der Waals surface area contributed by atoms with E-state index in [0.29, 0.717) is 17.1 Å². The summed E-state index contributed by atoms with van der Waals surface area (Å²) in [5.74, 6) is -0.0255. The first-order chi connectivity index (χ1) is 6.29. The number of rotatable bonds is 0. The van der Waals surface area contributed by atoms with Crippen LogP contribution in [0.15, 0.2) is 18.2 Å². The van der Waals surface area contributed by atoms with Gasteiger partial charge >= 0.3 is 0 Å². The molecular formula is C10H12ClNO. The third-order valence-electron chi connectivity index (χ3n) is 1.79. The number of benzene rings is 1. The van der Waals surface area contributed by atoms with Gasteiger partial charge in [-0.25, -0.2) is 0 Å². The van der Waals surface area contributed by atoms with Crippen molar-refractivity contribution in [3.63, 3.8) is 0 Å². The first-order valence-corrected chi connectivity index (χ1v) is 4.72. The van der Waals surface area contributed by atoms with Crippen LogP contribution >= 0.6 is 11.6 Å². The first-order valence-electron chi connectivity index (χ1n) is 4.34. The molecule has 1 N–H and O–H groups in total. The van der Waals surface area contributed by atoms with Crippen LogP contribution in [0.25, 0.3) is 0 Å². The van der Waals surface area contributed by atoms with Gasteiger partial charge < -0.3 is 5.32 Å². The average molecular weight is 198 g/mol. The fourth-order valence-corrected chi connectivity index (χ4v) is 1.46. The zero-order chi connectivity index (χ0) is 9.84. The minimum absolute atomic E-state index is 0.0255. The number of hydrogen-bond donors (Lipinski definition) is 1. The molecule has 1 aliphatic rings. The number of carbonyl (C=O) groups is 1. The molecule has 1 aromatic carbocycles. The number of hydrogen-bond acceptors (Lipinski definition) is 1. The second-order valence-electron chi connectivity index (χ2n) is 2.45. The summed E-state index contributed by atoms with van der Waals surface area (Å²) in [6, 6.07) is 5.36. The fraction of sp³-hybridized carbons (Fsp3) is 0.300. The molecule has 1 aliphatic heterocycles. The van der Waals surface area contributed by atoms with Crippen molar-refractivity contribution in [1.82, 2.24) is 5.32 Å². The number of fused-ring (bicyclic) bond motifs is 1. The van der Waals surface area contributed by atoms with Gasteiger partial charge in [-0.05, 0) is 12.1 Å². The van der Waals surface area contributed by atoms with E-state index in [2.05, 4.69) is 5.32 Å². The second kappa shape index (κ2) is 4.28. The molecule has 0 saturated heterocycles. The maximum atomic E-state index is 11.0. The van der Waals surface area contributed by atoms with Crippen LogP contribution < -0.4 is 5.32 Å². The molecule has 2 rings (SSSR count). The summed E-state index contributed by atoms with van der Waals surface area (Å²) in [5, 5.41) is 3.37. The van der Waals surface area contributed by atoms with Crippen molar-refractivity contribution >= 4 is 17.5 Å². The van der Waals surface area contributed by atoms with Crippen molar-refractivity contribution in [3.05, 3.63) is 34.3 Å². The van der Waals surface area contributed by atoms with E-state index in [-0.39, 0.29) is 5.91 Å². The largest absolute Gasteiger partial charge is 0.348 e. The summed E-state index contributed by atoms with van der Waals surface area (Å²) in [6.45, 7) is 4.56. The summed E-state index contributed by atoms with van der Waals surface area (Å²) < 4.78 is 0. The lowest BCUT2D eigenvalue weighted by Gasteiger charge is -1.95. The van der Waals surface area contributed by atoms with Gasteiger partial charge in [-0.2, -0.15) is 0 Å². The number of carbonyl (C=O) groups excluding carboxylic acids is 1. The Balaban J connectivity index is 0.000000396. The topological polar surface area (TPSA) is 29.1 Å². The number of halogens is 1. The minimum Gasteiger partial charge on any atom is -0.348 e. The third kappa shape index (κ3) is 1.83. The molecule has 0 bridgehead atoms. The Hall–Kier alpha value is -1.02. The zero-order valence-electron chi connectivity index (χ0n) is 7.73. The highest BCUT2D eigenvalue weighted by molar-refractivity contribution is 6.32. The van der Waals surface area contributed by atoms with Crippen molar-refractivity contribution in [2.24, 2.45) is 0 Å². The Bertz CT molecular complexity index is 323. The van der Waals surface area contributed by atoms with Gasteiger partial charge in [0.15, 0.2) is 0 Å². The minimum atomic E-state index is -0.0255. The molecule has 0 fully saturated rings. The standard InChI is InChI=1S/C8H6ClNO.C2H6/c9-7-3-1-2-5-6(7)4-10-8(5)11;1-2/h1-3H,4H2,(H,10,11);1-2H3. The molecule has 0 saturated carbocycles. The summed E-state index contributed by atoms with van der Waals surface area (Å²) in [5.41, 5.74) is 1.62. The highest BCUT2D eigenvalue weighted by atomic mass is 35.5. The smallest absolute Gasteiger partial charge is 0.251 e. The molecule has 70 valence electrons. The number of amides is 1. The van der Waals surface area contributed by atoms with E-state index in [0.717, 1.165) is 5.56 Å². The van der Waals surface area contributed by atoms with Gasteiger partial charge in [-0.15, -0.1) is 0 Å². The summed E-state index contributed by atoms with van der Waals surface area (Å²) in [7, 11) is 0. The van der Waals surface area contributed by atoms with Gasteiger partial charge in [0, 0.05) is 22.7 Å². The summed E-state index contributed by atoms with van der Waals surface area (Å²) in [6.07, 6.45) is 0. The van der Waals surface area contributed by atoms with Crippen molar-refractivity contribution in [1.29, 1.82) is 0 Å². The molecule has 2 nitrogen and oxygen atoms in total. The summed E-state index contributed by atoms with van der Waals surface area (Å²) in [4.78, 5) is 11.0. The monoisotopic (exact) mass is 197 g/mol. The van der Waals surface area contributed by atoms with Crippen molar-refractivity contribution in [2.45, 2.75) is 20.4 Å². The quantitative estimate of drug-likeness (QED) is 0.681. The van der Waals surface area contributed by atoms with Crippen molar-refractivity contribution in [2.75, 3.05) is 0 Å². The van der Waals surface area contributed by atoms with E-state index in [1.165, 1.54) is 0 Å². The van der Waals surface area contributed by atoms with E-state index < -0.39 is 0 Å². The van der Waals surface area contributed by atoms with Crippen LogP contribution in [0.4, 0.5) is 0 Å². The van der Waals surface area contributed by atoms with Gasteiger partial charge in [0.05, 0.1) is 0 Å². The van der Waals surface area contributed by atoms with E-state index in [1.807, 2.05) is 13.8 Å². The van der Waals surface area contributed by atoms with E-state index in [1.54, 1.807) is 18.2 Å². The predicted molar refractivity (Wildman–Crippen MR) is 54.0 cm³/mol. The molecule has 0 aromatic heterocycles. The Morgan fingerprint density at radius 2 is 2.08 bits per heavy atom. The Kier molecular flexibility index (Phi) is 3.32. The molecule has 1 heterocycles. The van der Waals surface area contributed by atoms with Crippen LogP contribution in [0.5, 0.6) is 0 Å². The Morgan fingerprint density at radius 3 is 2.69 bits per heavy atom. The van der Waals surface area contributed by atoms with Gasteiger partial charge in [0.25, 0.3) is 5.91 Å². The van der Waals surface area contributed by atoms with Crippen LogP contribution in [0.3, 0.4) is 0 Å². The highest BCUT2D eigenvalue weighted by Gasteiger charge is 2.19. The van der Waals surface area contributed by atoms with E-state index in [9.17, 15) is 4.79 Å². The lowest BCUT2D eigenvalue weighted by atomic mass is 10.1. The zero-order valence-corrected chi connectivity index (χ0v) is 8.48. The molecule has 3 heteroatoms. The first kappa shape index (κ1) is 10.1. The normalized spacial score (nSPS) is 12.7. The molecule has 0 atom stereocenters. The lowest BCUT2D eigenvalue weighted by molar-refractivity contribution is 0.0966. The molecule has 0 unspecified atom stereocenters. The molecule has 0 spiro atoms. The SMILES string of the molecule is CC.O=C1NCc2c(Cl)cccc21. The lowest BCUT2D eigenvalue weighted by Crippen LogP contribution is -2.12. The molecule has 0 radical (unpaired) electrons. The predicted octanol–water partition coefficient (Wildman–Crippen LogP) is 2.61. The number of nitrogens with one attached hydrogen (secondary N) is 1. The summed E-state index contributed by atoms with van der Waals surface area (Å²) >= 11 is 5.84. The fourth-order valence-electron chi connectivity index (χ4n) is 1.21. The van der Waals surface area contributed by atoms with E-state index >= 15 is 0 Å². The Morgan fingerprint density at radius 1 is 1.38 bits per heavy atom. The van der Waals surface area contributed by atoms with Crippen LogP contribution in [0, 0.1) is 0 Å². The maximum absolute atomic E-state index is 11.0. The van der Waals surface area contributed by atoms with Gasteiger partial charge in [0.2, 0.25) is 0 Å². The van der Waals surface area contributed by atoms with Crippen LogP contribution in [-0.4, -0.2) is 5.91 Å². The maximum Gasteiger partial charge on any atom is 0.251 e. The molecular weight excluding hydrogens is 186 g/mol. The van der Waals surface area contributed by atoms with Gasteiger partial charge in [-0.3, -0.25) is 4.79 Å². The highest BCUT2D eigenvalue weighted by Crippen LogP contribution is 2.23. The molecule has 1 aromatic rings. The van der Waals surface area contributed by atoms with Gasteiger partial charge in [0.1, 0.15) is 0 Å². The van der Waals surface area contributed by atoms with E-state index in [4.69, 9.17) is 11.6 Å². The van der Waals surface area contributed by atoms with Crippen LogP contribution in [0.2, 0.25) is 5.02 Å². The van der Waals surface area contributed by atoms with Gasteiger partial charge in [-0.1, -0.05) is 31.5 Å². The molecule has 0 aliphatic carbocycles. The average Bonchev–Trinajstić information content (AvgIpc) is 2.53. The second-order valence-corrected chi connectivity index (χ2v) is 2.86. The van der Waals surface area contributed by atoms with Crippen LogP contribution in [-0.2, 0) is 6.54 Å². The third-order valence-corrected chi connectivity index (χ3v) is 2.14. The van der Waals surface area contributed by atoms with Crippen molar-refractivity contribution in [3.8, 4) is 0 Å².